The molecule has 84 valence electrons. The lowest BCUT2D eigenvalue weighted by Gasteiger charge is -2.04. The molecule has 0 aliphatic rings. The van der Waals surface area contributed by atoms with Crippen LogP contribution >= 0.6 is 39.3 Å². The summed E-state index contributed by atoms with van der Waals surface area (Å²) in [5.74, 6) is 0. The zero-order valence-electron chi connectivity index (χ0n) is 8.65. The molecule has 0 aromatic heterocycles. The van der Waals surface area contributed by atoms with E-state index in [9.17, 15) is 0 Å². The lowest BCUT2D eigenvalue weighted by molar-refractivity contribution is 1.35. The van der Waals surface area contributed by atoms with Gasteiger partial charge in [-0.1, -0.05) is 39.3 Å². The van der Waals surface area contributed by atoms with E-state index in [0.29, 0.717) is 10.6 Å². The molecule has 0 aliphatic heterocycles. The molecule has 0 unspecified atom stereocenters. The number of nitriles is 1. The monoisotopic (exact) mass is 323 g/mol. The Balaban J connectivity index is 2.30. The van der Waals surface area contributed by atoms with Crippen LogP contribution in [0.2, 0.25) is 5.02 Å². The Labute approximate surface area is 118 Å². The van der Waals surface area contributed by atoms with Gasteiger partial charge in [0.15, 0.2) is 0 Å². The first-order chi connectivity index (χ1) is 8.19. The van der Waals surface area contributed by atoms with E-state index in [4.69, 9.17) is 16.9 Å². The second-order valence-electron chi connectivity index (χ2n) is 3.31. The van der Waals surface area contributed by atoms with Gasteiger partial charge in [-0.2, -0.15) is 5.26 Å². The molecule has 2 rings (SSSR count). The lowest BCUT2D eigenvalue weighted by Crippen LogP contribution is -1.81. The molecular weight excluding hydrogens is 318 g/mol. The Hall–Kier alpha value is -0.950. The molecule has 0 heterocycles. The first-order valence-electron chi connectivity index (χ1n) is 4.82. The maximum atomic E-state index is 9.04. The summed E-state index contributed by atoms with van der Waals surface area (Å²) in [6.07, 6.45) is 0. The van der Waals surface area contributed by atoms with E-state index in [1.54, 1.807) is 23.9 Å². The van der Waals surface area contributed by atoms with Crippen LogP contribution in [0.15, 0.2) is 56.7 Å². The zero-order chi connectivity index (χ0) is 12.3. The van der Waals surface area contributed by atoms with E-state index in [1.807, 2.05) is 30.3 Å². The minimum atomic E-state index is 0.585. The first kappa shape index (κ1) is 12.5. The van der Waals surface area contributed by atoms with Crippen molar-refractivity contribution in [3.8, 4) is 6.07 Å². The Bertz CT molecular complexity index is 575. The van der Waals surface area contributed by atoms with E-state index in [0.717, 1.165) is 14.3 Å². The minimum Gasteiger partial charge on any atom is -0.192 e. The predicted molar refractivity (Wildman–Crippen MR) is 74.4 cm³/mol. The number of rotatable bonds is 2. The predicted octanol–water partition coefficient (Wildman–Crippen LogP) is 5.13. The van der Waals surface area contributed by atoms with Crippen molar-refractivity contribution in [3.05, 3.63) is 57.5 Å². The highest BCUT2D eigenvalue weighted by atomic mass is 79.9. The summed E-state index contributed by atoms with van der Waals surface area (Å²) in [5.41, 5.74) is 0.602. The van der Waals surface area contributed by atoms with E-state index in [2.05, 4.69) is 22.0 Å². The number of hydrogen-bond donors (Lipinski definition) is 0. The van der Waals surface area contributed by atoms with Crippen molar-refractivity contribution in [2.24, 2.45) is 0 Å². The molecule has 2 aromatic carbocycles. The minimum absolute atomic E-state index is 0.585. The fourth-order valence-corrected chi connectivity index (χ4v) is 2.62. The van der Waals surface area contributed by atoms with Crippen molar-refractivity contribution in [1.82, 2.24) is 0 Å². The summed E-state index contributed by atoms with van der Waals surface area (Å²) < 4.78 is 1.04. The van der Waals surface area contributed by atoms with Gasteiger partial charge >= 0.3 is 0 Å². The number of nitrogens with zero attached hydrogens (tertiary/aromatic N) is 1. The van der Waals surface area contributed by atoms with E-state index in [-0.39, 0.29) is 0 Å². The number of hydrogen-bond acceptors (Lipinski definition) is 2. The molecular formula is C13H7BrClNS. The van der Waals surface area contributed by atoms with Crippen LogP contribution in [-0.4, -0.2) is 0 Å². The molecule has 0 amide bonds. The molecule has 0 aliphatic carbocycles. The molecule has 0 bridgehead atoms. The summed E-state index contributed by atoms with van der Waals surface area (Å²) >= 11 is 10.8. The third-order valence-corrected chi connectivity index (χ3v) is 3.95. The van der Waals surface area contributed by atoms with Crippen LogP contribution in [0.1, 0.15) is 5.56 Å². The van der Waals surface area contributed by atoms with Gasteiger partial charge in [0.1, 0.15) is 6.07 Å². The number of halogens is 2. The van der Waals surface area contributed by atoms with Crippen molar-refractivity contribution in [1.29, 1.82) is 5.26 Å². The van der Waals surface area contributed by atoms with Gasteiger partial charge in [-0.25, -0.2) is 0 Å². The summed E-state index contributed by atoms with van der Waals surface area (Å²) in [6, 6.07) is 15.5. The van der Waals surface area contributed by atoms with Gasteiger partial charge in [0.2, 0.25) is 0 Å². The van der Waals surface area contributed by atoms with Crippen LogP contribution in [0.5, 0.6) is 0 Å². The third-order valence-electron chi connectivity index (χ3n) is 2.10. The molecule has 17 heavy (non-hydrogen) atoms. The van der Waals surface area contributed by atoms with Crippen molar-refractivity contribution >= 4 is 39.3 Å². The topological polar surface area (TPSA) is 23.8 Å². The second kappa shape index (κ2) is 5.59. The second-order valence-corrected chi connectivity index (χ2v) is 5.78. The average molecular weight is 325 g/mol. The quantitative estimate of drug-likeness (QED) is 0.765. The molecule has 0 fully saturated rings. The van der Waals surface area contributed by atoms with Crippen molar-refractivity contribution < 1.29 is 0 Å². The van der Waals surface area contributed by atoms with Gasteiger partial charge in [0.05, 0.1) is 5.56 Å². The molecule has 1 nitrogen and oxygen atoms in total. The molecule has 0 saturated heterocycles. The van der Waals surface area contributed by atoms with Gasteiger partial charge in [-0.05, 0) is 42.5 Å². The normalized spacial score (nSPS) is 9.94. The smallest absolute Gasteiger partial charge is 0.100 e. The van der Waals surface area contributed by atoms with Gasteiger partial charge in [-0.15, -0.1) is 0 Å². The molecule has 2 aromatic rings. The fourth-order valence-electron chi connectivity index (χ4n) is 1.31. The van der Waals surface area contributed by atoms with E-state index in [1.165, 1.54) is 0 Å². The van der Waals surface area contributed by atoms with Gasteiger partial charge < -0.3 is 0 Å². The summed E-state index contributed by atoms with van der Waals surface area (Å²) in [7, 11) is 0. The molecule has 0 N–H and O–H groups in total. The third kappa shape index (κ3) is 3.26. The Kier molecular flexibility index (Phi) is 4.11. The first-order valence-corrected chi connectivity index (χ1v) is 6.81. The fraction of sp³-hybridized carbons (Fsp3) is 0. The van der Waals surface area contributed by atoms with Crippen LogP contribution < -0.4 is 0 Å². The van der Waals surface area contributed by atoms with Gasteiger partial charge in [-0.3, -0.25) is 0 Å². The van der Waals surface area contributed by atoms with Crippen LogP contribution in [0.4, 0.5) is 0 Å². The number of benzene rings is 2. The van der Waals surface area contributed by atoms with Gasteiger partial charge in [0, 0.05) is 19.3 Å². The van der Waals surface area contributed by atoms with Crippen LogP contribution in [-0.2, 0) is 0 Å². The summed E-state index contributed by atoms with van der Waals surface area (Å²) in [5, 5.41) is 9.62. The van der Waals surface area contributed by atoms with Crippen molar-refractivity contribution in [3.63, 3.8) is 0 Å². The zero-order valence-corrected chi connectivity index (χ0v) is 11.8. The molecule has 4 heteroatoms. The Morgan fingerprint density at radius 3 is 2.47 bits per heavy atom. The average Bonchev–Trinajstić information content (AvgIpc) is 2.34. The highest BCUT2D eigenvalue weighted by molar-refractivity contribution is 9.10. The summed E-state index contributed by atoms with van der Waals surface area (Å²) in [4.78, 5) is 2.01. The van der Waals surface area contributed by atoms with E-state index < -0.39 is 0 Å². The van der Waals surface area contributed by atoms with Crippen LogP contribution in [0.3, 0.4) is 0 Å². The molecule has 0 atom stereocenters. The Morgan fingerprint density at radius 1 is 1.12 bits per heavy atom. The van der Waals surface area contributed by atoms with Crippen molar-refractivity contribution in [2.75, 3.05) is 0 Å². The SMILES string of the molecule is N#Cc1cc(Cl)ccc1Sc1ccc(Br)cc1. The maximum absolute atomic E-state index is 9.04. The standard InChI is InChI=1S/C13H7BrClNS/c14-10-1-4-12(5-2-10)17-13-6-3-11(15)7-9(13)8-16/h1-7H. The highest BCUT2D eigenvalue weighted by Crippen LogP contribution is 2.32. The van der Waals surface area contributed by atoms with Crippen LogP contribution in [0.25, 0.3) is 0 Å². The molecule has 0 radical (unpaired) electrons. The van der Waals surface area contributed by atoms with Gasteiger partial charge in [0.25, 0.3) is 0 Å². The summed E-state index contributed by atoms with van der Waals surface area (Å²) in [6.45, 7) is 0. The molecule has 0 saturated carbocycles. The van der Waals surface area contributed by atoms with Crippen LogP contribution in [0, 0.1) is 11.3 Å². The lowest BCUT2D eigenvalue weighted by atomic mass is 10.2. The Morgan fingerprint density at radius 2 is 1.82 bits per heavy atom. The van der Waals surface area contributed by atoms with E-state index >= 15 is 0 Å². The maximum Gasteiger partial charge on any atom is 0.100 e. The van der Waals surface area contributed by atoms with Crippen molar-refractivity contribution in [2.45, 2.75) is 9.79 Å². The molecule has 0 spiro atoms. The highest BCUT2D eigenvalue weighted by Gasteiger charge is 2.04. The largest absolute Gasteiger partial charge is 0.192 e.